The largest absolute Gasteiger partial charge is 0.437 e. The van der Waals surface area contributed by atoms with Gasteiger partial charge in [-0.3, -0.25) is 9.69 Å². The number of halogens is 7. The van der Waals surface area contributed by atoms with Crippen LogP contribution in [0.5, 0.6) is 0 Å². The maximum absolute atomic E-state index is 14.2. The number of hydrogen-bond donors (Lipinski definition) is 0. The highest BCUT2D eigenvalue weighted by Gasteiger charge is 2.50. The van der Waals surface area contributed by atoms with E-state index in [-0.39, 0.29) is 28.3 Å². The Bertz CT molecular complexity index is 1050. The Labute approximate surface area is 169 Å². The molecule has 2 aromatic rings. The third kappa shape index (κ3) is 4.04. The first-order chi connectivity index (χ1) is 14.0. The Morgan fingerprint density at radius 1 is 1.00 bits per heavy atom. The van der Waals surface area contributed by atoms with E-state index in [2.05, 4.69) is 10.2 Å². The van der Waals surface area contributed by atoms with Gasteiger partial charge >= 0.3 is 6.18 Å². The lowest BCUT2D eigenvalue weighted by molar-refractivity contribution is -0.107. The molecular formula is C18H10F7N3OS. The van der Waals surface area contributed by atoms with E-state index in [1.807, 2.05) is 0 Å². The number of nitrogens with zero attached hydrogens (tertiary/aromatic N) is 3. The number of thioether (sulfide) groups is 1. The third-order valence-electron chi connectivity index (χ3n) is 4.00. The van der Waals surface area contributed by atoms with Gasteiger partial charge in [-0.15, -0.1) is 5.11 Å². The SMILES string of the molecule is CC1(Sc2ccc(F)cc2)N=NC(C(F)(F)F)=C1N(C=O)c1cc(F)c(F)cc1F. The summed E-state index contributed by atoms with van der Waals surface area (Å²) < 4.78 is 95.0. The van der Waals surface area contributed by atoms with Crippen LogP contribution >= 0.6 is 11.8 Å². The zero-order valence-electron chi connectivity index (χ0n) is 14.8. The number of carbonyl (C=O) groups excluding carboxylic acids is 1. The van der Waals surface area contributed by atoms with Crippen molar-refractivity contribution in [2.24, 2.45) is 10.2 Å². The zero-order chi connectivity index (χ0) is 22.3. The number of carbonyl (C=O) groups is 1. The summed E-state index contributed by atoms with van der Waals surface area (Å²) in [6.45, 7) is 1.16. The van der Waals surface area contributed by atoms with Gasteiger partial charge in [-0.2, -0.15) is 18.3 Å². The van der Waals surface area contributed by atoms with Crippen molar-refractivity contribution < 1.29 is 35.5 Å². The molecule has 0 bridgehead atoms. The first kappa shape index (κ1) is 21.8. The number of benzene rings is 2. The number of allylic oxidation sites excluding steroid dienone is 1. The normalized spacial score (nSPS) is 18.8. The lowest BCUT2D eigenvalue weighted by atomic mass is 10.1. The van der Waals surface area contributed by atoms with Gasteiger partial charge in [0.15, 0.2) is 22.2 Å². The Kier molecular flexibility index (Phi) is 5.63. The van der Waals surface area contributed by atoms with Gasteiger partial charge in [-0.05, 0) is 31.2 Å². The van der Waals surface area contributed by atoms with Crippen molar-refractivity contribution in [2.45, 2.75) is 22.9 Å². The standard InChI is InChI=1S/C18H10F7N3OS/c1-17(30-10-4-2-9(19)3-5-10)16(15(26-27-17)18(23,24)25)28(8-29)14-7-12(21)11(20)6-13(14)22/h2-8H,1H3. The summed E-state index contributed by atoms with van der Waals surface area (Å²) in [4.78, 5) is 10.2. The van der Waals surface area contributed by atoms with Crippen LogP contribution in [0.2, 0.25) is 0 Å². The van der Waals surface area contributed by atoms with Gasteiger partial charge in [0.05, 0.1) is 11.4 Å². The predicted molar refractivity (Wildman–Crippen MR) is 93.5 cm³/mol. The lowest BCUT2D eigenvalue weighted by Gasteiger charge is -2.30. The maximum atomic E-state index is 14.2. The van der Waals surface area contributed by atoms with Gasteiger partial charge in [0.2, 0.25) is 6.41 Å². The van der Waals surface area contributed by atoms with E-state index in [4.69, 9.17) is 0 Å². The second-order valence-corrected chi connectivity index (χ2v) is 7.60. The van der Waals surface area contributed by atoms with Crippen molar-refractivity contribution >= 4 is 23.9 Å². The number of hydrogen-bond acceptors (Lipinski definition) is 4. The van der Waals surface area contributed by atoms with Gasteiger partial charge < -0.3 is 0 Å². The number of azo groups is 1. The quantitative estimate of drug-likeness (QED) is 0.322. The summed E-state index contributed by atoms with van der Waals surface area (Å²) in [7, 11) is 0. The highest BCUT2D eigenvalue weighted by molar-refractivity contribution is 8.00. The molecule has 12 heteroatoms. The molecule has 0 aliphatic carbocycles. The van der Waals surface area contributed by atoms with Crippen LogP contribution in [-0.4, -0.2) is 17.5 Å². The minimum absolute atomic E-state index is 0.0999. The Morgan fingerprint density at radius 2 is 1.60 bits per heavy atom. The van der Waals surface area contributed by atoms with Crippen LogP contribution in [0.1, 0.15) is 6.92 Å². The van der Waals surface area contributed by atoms with E-state index < -0.39 is 51.4 Å². The molecule has 4 nitrogen and oxygen atoms in total. The molecule has 1 heterocycles. The molecule has 0 spiro atoms. The average Bonchev–Trinajstić information content (AvgIpc) is 2.99. The topological polar surface area (TPSA) is 45.0 Å². The number of anilines is 1. The van der Waals surface area contributed by atoms with E-state index in [1.54, 1.807) is 0 Å². The number of alkyl halides is 3. The van der Waals surface area contributed by atoms with Crippen molar-refractivity contribution in [3.05, 3.63) is 71.1 Å². The smallest absolute Gasteiger partial charge is 0.279 e. The Hall–Kier alpha value is -2.89. The Morgan fingerprint density at radius 3 is 2.17 bits per heavy atom. The molecule has 0 saturated heterocycles. The predicted octanol–water partition coefficient (Wildman–Crippen LogP) is 5.95. The van der Waals surface area contributed by atoms with Crippen LogP contribution in [0.15, 0.2) is 62.9 Å². The van der Waals surface area contributed by atoms with E-state index in [0.717, 1.165) is 19.1 Å². The van der Waals surface area contributed by atoms with Crippen molar-refractivity contribution in [3.8, 4) is 0 Å². The van der Waals surface area contributed by atoms with Crippen LogP contribution < -0.4 is 4.90 Å². The second kappa shape index (κ2) is 7.74. The summed E-state index contributed by atoms with van der Waals surface area (Å²) in [6.07, 6.45) is -5.28. The fourth-order valence-corrected chi connectivity index (χ4v) is 3.82. The van der Waals surface area contributed by atoms with E-state index in [9.17, 15) is 35.5 Å². The number of amides is 1. The van der Waals surface area contributed by atoms with Gasteiger partial charge in [0.1, 0.15) is 11.6 Å². The van der Waals surface area contributed by atoms with Gasteiger partial charge in [-0.25, -0.2) is 17.6 Å². The molecule has 30 heavy (non-hydrogen) atoms. The fraction of sp³-hybridized carbons (Fsp3) is 0.167. The minimum Gasteiger partial charge on any atom is -0.279 e. The molecule has 0 fully saturated rings. The fourth-order valence-electron chi connectivity index (χ4n) is 2.72. The van der Waals surface area contributed by atoms with Crippen LogP contribution in [0.3, 0.4) is 0 Å². The Balaban J connectivity index is 2.17. The first-order valence-electron chi connectivity index (χ1n) is 8.05. The van der Waals surface area contributed by atoms with Crippen LogP contribution in [0.4, 0.5) is 36.4 Å². The molecular weight excluding hydrogens is 439 g/mol. The van der Waals surface area contributed by atoms with E-state index in [1.165, 1.54) is 12.1 Å². The molecule has 1 unspecified atom stereocenters. The molecule has 2 aromatic carbocycles. The highest BCUT2D eigenvalue weighted by Crippen LogP contribution is 2.50. The molecule has 0 saturated carbocycles. The average molecular weight is 449 g/mol. The molecule has 0 aromatic heterocycles. The molecule has 1 atom stereocenters. The first-order valence-corrected chi connectivity index (χ1v) is 8.86. The molecule has 158 valence electrons. The third-order valence-corrected chi connectivity index (χ3v) is 5.18. The molecule has 0 radical (unpaired) electrons. The summed E-state index contributed by atoms with van der Waals surface area (Å²) in [6, 6.07) is 4.97. The maximum Gasteiger partial charge on any atom is 0.437 e. The molecule has 1 aliphatic rings. The summed E-state index contributed by atoms with van der Waals surface area (Å²) in [5.41, 5.74) is -3.49. The van der Waals surface area contributed by atoms with Crippen molar-refractivity contribution in [1.82, 2.24) is 0 Å². The highest BCUT2D eigenvalue weighted by atomic mass is 32.2. The monoisotopic (exact) mass is 449 g/mol. The van der Waals surface area contributed by atoms with Crippen LogP contribution in [-0.2, 0) is 4.79 Å². The molecule has 1 aliphatic heterocycles. The zero-order valence-corrected chi connectivity index (χ0v) is 15.7. The van der Waals surface area contributed by atoms with Crippen molar-refractivity contribution in [2.75, 3.05) is 4.90 Å². The minimum atomic E-state index is -5.10. The molecule has 1 amide bonds. The summed E-state index contributed by atoms with van der Waals surface area (Å²) in [5.74, 6) is -5.23. The summed E-state index contributed by atoms with van der Waals surface area (Å²) >= 11 is 0.666. The van der Waals surface area contributed by atoms with Crippen molar-refractivity contribution in [1.29, 1.82) is 0 Å². The van der Waals surface area contributed by atoms with Crippen molar-refractivity contribution in [3.63, 3.8) is 0 Å². The van der Waals surface area contributed by atoms with E-state index >= 15 is 0 Å². The second-order valence-electron chi connectivity index (χ2n) is 6.13. The van der Waals surface area contributed by atoms with Gasteiger partial charge in [0, 0.05) is 17.0 Å². The molecule has 3 rings (SSSR count). The lowest BCUT2D eigenvalue weighted by Crippen LogP contribution is -2.35. The van der Waals surface area contributed by atoms with E-state index in [0.29, 0.717) is 11.8 Å². The van der Waals surface area contributed by atoms with Crippen LogP contribution in [0.25, 0.3) is 0 Å². The summed E-state index contributed by atoms with van der Waals surface area (Å²) in [5, 5.41) is 6.70. The molecule has 0 N–H and O–H groups in total. The van der Waals surface area contributed by atoms with Gasteiger partial charge in [0.25, 0.3) is 0 Å². The van der Waals surface area contributed by atoms with Gasteiger partial charge in [-0.1, -0.05) is 11.8 Å². The number of rotatable bonds is 5. The van der Waals surface area contributed by atoms with Crippen LogP contribution in [0, 0.1) is 23.3 Å².